The monoisotopic (exact) mass is 373 g/mol. The van der Waals surface area contributed by atoms with Gasteiger partial charge in [0.2, 0.25) is 5.91 Å². The molecule has 0 bridgehead atoms. The number of hydrogen-bond donors (Lipinski definition) is 1. The number of rotatable bonds is 7. The van der Waals surface area contributed by atoms with E-state index in [1.165, 1.54) is 24.6 Å². The van der Waals surface area contributed by atoms with Crippen LogP contribution in [0.4, 0.5) is 0 Å². The van der Waals surface area contributed by atoms with Crippen LogP contribution in [0, 0.1) is 0 Å². The van der Waals surface area contributed by atoms with Gasteiger partial charge in [-0.2, -0.15) is 0 Å². The van der Waals surface area contributed by atoms with Crippen LogP contribution in [-0.2, 0) is 4.79 Å². The van der Waals surface area contributed by atoms with Crippen molar-refractivity contribution in [1.82, 2.24) is 15.3 Å². The lowest BCUT2D eigenvalue weighted by Gasteiger charge is -2.11. The first-order valence-corrected chi connectivity index (χ1v) is 9.64. The summed E-state index contributed by atoms with van der Waals surface area (Å²) in [6.07, 6.45) is 8.11. The van der Waals surface area contributed by atoms with Gasteiger partial charge in [0.15, 0.2) is 16.7 Å². The first kappa shape index (κ1) is 18.5. The van der Waals surface area contributed by atoms with E-state index in [0.29, 0.717) is 28.5 Å². The standard InChI is InChI=1S/C19H23N3O3S/c1-24-16-8-7-13(9-17(16)25-2)14-10-20-19(21-11-14)26-12-18(23)22-15-5-3-4-6-15/h7-11,15H,3-6,12H2,1-2H3,(H,22,23). The zero-order valence-corrected chi connectivity index (χ0v) is 15.8. The van der Waals surface area contributed by atoms with Crippen LogP contribution in [0.25, 0.3) is 11.1 Å². The molecule has 1 aliphatic carbocycles. The van der Waals surface area contributed by atoms with Crippen molar-refractivity contribution in [3.05, 3.63) is 30.6 Å². The fraction of sp³-hybridized carbons (Fsp3) is 0.421. The molecule has 7 heteroatoms. The normalized spacial score (nSPS) is 14.2. The van der Waals surface area contributed by atoms with Crippen LogP contribution >= 0.6 is 11.8 Å². The van der Waals surface area contributed by atoms with Crippen LogP contribution in [0.1, 0.15) is 25.7 Å². The number of benzene rings is 1. The molecule has 1 N–H and O–H groups in total. The van der Waals surface area contributed by atoms with E-state index in [9.17, 15) is 4.79 Å². The summed E-state index contributed by atoms with van der Waals surface area (Å²) < 4.78 is 10.6. The van der Waals surface area contributed by atoms with Crippen molar-refractivity contribution in [3.8, 4) is 22.6 Å². The van der Waals surface area contributed by atoms with Crippen LogP contribution in [0.2, 0.25) is 0 Å². The lowest BCUT2D eigenvalue weighted by molar-refractivity contribution is -0.119. The Labute approximate surface area is 157 Å². The molecule has 0 unspecified atom stereocenters. The summed E-state index contributed by atoms with van der Waals surface area (Å²) in [6, 6.07) is 6.02. The van der Waals surface area contributed by atoms with Crippen molar-refractivity contribution in [2.75, 3.05) is 20.0 Å². The van der Waals surface area contributed by atoms with E-state index < -0.39 is 0 Å². The van der Waals surface area contributed by atoms with E-state index in [1.807, 2.05) is 18.2 Å². The van der Waals surface area contributed by atoms with Gasteiger partial charge in [0.25, 0.3) is 0 Å². The summed E-state index contributed by atoms with van der Waals surface area (Å²) >= 11 is 1.35. The third-order valence-electron chi connectivity index (χ3n) is 4.40. The third-order valence-corrected chi connectivity index (χ3v) is 5.27. The van der Waals surface area contributed by atoms with Gasteiger partial charge in [-0.25, -0.2) is 9.97 Å². The Hall–Kier alpha value is -2.28. The zero-order chi connectivity index (χ0) is 18.4. The quantitative estimate of drug-likeness (QED) is 0.593. The second-order valence-corrected chi connectivity index (χ2v) is 7.10. The third kappa shape index (κ3) is 4.66. The molecule has 1 heterocycles. The lowest BCUT2D eigenvalue weighted by Crippen LogP contribution is -2.33. The van der Waals surface area contributed by atoms with Gasteiger partial charge in [-0.15, -0.1) is 0 Å². The van der Waals surface area contributed by atoms with Gasteiger partial charge >= 0.3 is 0 Å². The Bertz CT molecular complexity index is 746. The molecule has 1 aliphatic rings. The van der Waals surface area contributed by atoms with E-state index in [4.69, 9.17) is 9.47 Å². The number of carbonyl (C=O) groups excluding carboxylic acids is 1. The molecule has 3 rings (SSSR count). The van der Waals surface area contributed by atoms with Gasteiger partial charge in [-0.3, -0.25) is 4.79 Å². The van der Waals surface area contributed by atoms with Gasteiger partial charge in [-0.1, -0.05) is 30.7 Å². The summed E-state index contributed by atoms with van der Waals surface area (Å²) in [5.41, 5.74) is 1.82. The van der Waals surface area contributed by atoms with Crippen molar-refractivity contribution in [2.24, 2.45) is 0 Å². The molecule has 0 saturated heterocycles. The zero-order valence-electron chi connectivity index (χ0n) is 15.0. The number of amides is 1. The van der Waals surface area contributed by atoms with Crippen molar-refractivity contribution in [3.63, 3.8) is 0 Å². The molecule has 1 saturated carbocycles. The average Bonchev–Trinajstić information content (AvgIpc) is 3.19. The Balaban J connectivity index is 1.58. The SMILES string of the molecule is COc1ccc(-c2cnc(SCC(=O)NC3CCCC3)nc2)cc1OC. The van der Waals surface area contributed by atoms with Crippen molar-refractivity contribution < 1.29 is 14.3 Å². The summed E-state index contributed by atoms with van der Waals surface area (Å²) in [7, 11) is 3.21. The summed E-state index contributed by atoms with van der Waals surface area (Å²) in [5, 5.41) is 3.66. The van der Waals surface area contributed by atoms with Crippen LogP contribution < -0.4 is 14.8 Å². The molecule has 0 atom stereocenters. The molecule has 0 spiro atoms. The minimum absolute atomic E-state index is 0.0504. The summed E-state index contributed by atoms with van der Waals surface area (Å²) in [6.45, 7) is 0. The molecule has 0 radical (unpaired) electrons. The van der Waals surface area contributed by atoms with Crippen molar-refractivity contribution in [1.29, 1.82) is 0 Å². The first-order chi connectivity index (χ1) is 12.7. The molecule has 1 aromatic carbocycles. The topological polar surface area (TPSA) is 73.3 Å². The Morgan fingerprint density at radius 2 is 1.81 bits per heavy atom. The minimum atomic E-state index is 0.0504. The van der Waals surface area contributed by atoms with E-state index in [1.54, 1.807) is 26.6 Å². The largest absolute Gasteiger partial charge is 0.493 e. The molecule has 1 aromatic heterocycles. The smallest absolute Gasteiger partial charge is 0.230 e. The molecule has 138 valence electrons. The molecule has 2 aromatic rings. The molecule has 26 heavy (non-hydrogen) atoms. The highest BCUT2D eigenvalue weighted by atomic mass is 32.2. The van der Waals surface area contributed by atoms with Crippen LogP contribution in [-0.4, -0.2) is 41.9 Å². The van der Waals surface area contributed by atoms with E-state index >= 15 is 0 Å². The second-order valence-electron chi connectivity index (χ2n) is 6.16. The van der Waals surface area contributed by atoms with Crippen molar-refractivity contribution in [2.45, 2.75) is 36.9 Å². The number of nitrogens with one attached hydrogen (secondary N) is 1. The van der Waals surface area contributed by atoms with Crippen LogP contribution in [0.3, 0.4) is 0 Å². The fourth-order valence-corrected chi connectivity index (χ4v) is 3.62. The number of ether oxygens (including phenoxy) is 2. The predicted molar refractivity (Wildman–Crippen MR) is 102 cm³/mol. The molecular weight excluding hydrogens is 350 g/mol. The molecule has 1 amide bonds. The highest BCUT2D eigenvalue weighted by Gasteiger charge is 2.17. The van der Waals surface area contributed by atoms with Gasteiger partial charge in [-0.05, 0) is 30.5 Å². The van der Waals surface area contributed by atoms with Gasteiger partial charge in [0.1, 0.15) is 0 Å². The maximum Gasteiger partial charge on any atom is 0.230 e. The highest BCUT2D eigenvalue weighted by Crippen LogP contribution is 2.32. The van der Waals surface area contributed by atoms with Gasteiger partial charge in [0, 0.05) is 24.0 Å². The predicted octanol–water partition coefficient (Wildman–Crippen LogP) is 3.31. The van der Waals surface area contributed by atoms with Crippen molar-refractivity contribution >= 4 is 17.7 Å². The molecule has 6 nitrogen and oxygen atoms in total. The Morgan fingerprint density at radius 1 is 1.12 bits per heavy atom. The maximum absolute atomic E-state index is 12.0. The number of hydrogen-bond acceptors (Lipinski definition) is 6. The summed E-state index contributed by atoms with van der Waals surface area (Å²) in [5.74, 6) is 1.73. The number of carbonyl (C=O) groups is 1. The van der Waals surface area contributed by atoms with Gasteiger partial charge < -0.3 is 14.8 Å². The van der Waals surface area contributed by atoms with Crippen LogP contribution in [0.15, 0.2) is 35.7 Å². The number of nitrogens with zero attached hydrogens (tertiary/aromatic N) is 2. The Morgan fingerprint density at radius 3 is 2.46 bits per heavy atom. The second kappa shape index (κ2) is 8.89. The number of thioether (sulfide) groups is 1. The Kier molecular flexibility index (Phi) is 6.33. The molecular formula is C19H23N3O3S. The lowest BCUT2D eigenvalue weighted by atomic mass is 10.1. The number of aromatic nitrogens is 2. The minimum Gasteiger partial charge on any atom is -0.493 e. The maximum atomic E-state index is 12.0. The molecule has 1 fully saturated rings. The van der Waals surface area contributed by atoms with Gasteiger partial charge in [0.05, 0.1) is 20.0 Å². The number of methoxy groups -OCH3 is 2. The highest BCUT2D eigenvalue weighted by molar-refractivity contribution is 7.99. The van der Waals surface area contributed by atoms with Crippen LogP contribution in [0.5, 0.6) is 11.5 Å². The summed E-state index contributed by atoms with van der Waals surface area (Å²) in [4.78, 5) is 20.7. The van der Waals surface area contributed by atoms with E-state index in [0.717, 1.165) is 24.0 Å². The molecule has 0 aliphatic heterocycles. The first-order valence-electron chi connectivity index (χ1n) is 8.66. The fourth-order valence-electron chi connectivity index (χ4n) is 3.03. The average molecular weight is 373 g/mol. The van der Waals surface area contributed by atoms with E-state index in [-0.39, 0.29) is 5.91 Å². The van der Waals surface area contributed by atoms with E-state index in [2.05, 4.69) is 15.3 Å².